The Morgan fingerprint density at radius 2 is 2.00 bits per heavy atom. The van der Waals surface area contributed by atoms with Gasteiger partial charge in [-0.15, -0.1) is 0 Å². The van der Waals surface area contributed by atoms with Gasteiger partial charge in [-0.3, -0.25) is 4.90 Å². The van der Waals surface area contributed by atoms with Crippen molar-refractivity contribution < 1.29 is 0 Å². The van der Waals surface area contributed by atoms with Gasteiger partial charge in [0.1, 0.15) is 0 Å². The fraction of sp³-hybridized carbons (Fsp3) is 1.00. The van der Waals surface area contributed by atoms with Crippen LogP contribution in [0.5, 0.6) is 0 Å². The molecule has 17 heavy (non-hydrogen) atoms. The van der Waals surface area contributed by atoms with Crippen LogP contribution in [0.4, 0.5) is 0 Å². The molecule has 100 valence electrons. The van der Waals surface area contributed by atoms with Crippen molar-refractivity contribution in [1.29, 1.82) is 0 Å². The van der Waals surface area contributed by atoms with Crippen LogP contribution in [0.3, 0.4) is 0 Å². The fourth-order valence-electron chi connectivity index (χ4n) is 3.65. The minimum Gasteiger partial charge on any atom is -0.314 e. The lowest BCUT2D eigenvalue weighted by Crippen LogP contribution is -2.51. The second-order valence-corrected chi connectivity index (χ2v) is 6.39. The Bertz CT molecular complexity index is 229. The molecule has 1 heterocycles. The monoisotopic (exact) mass is 238 g/mol. The summed E-state index contributed by atoms with van der Waals surface area (Å²) in [6, 6.07) is 1.67. The zero-order chi connectivity index (χ0) is 12.3. The molecular weight excluding hydrogens is 208 g/mol. The van der Waals surface area contributed by atoms with Gasteiger partial charge in [-0.25, -0.2) is 0 Å². The summed E-state index contributed by atoms with van der Waals surface area (Å²) < 4.78 is 0. The molecule has 2 aliphatic rings. The summed E-state index contributed by atoms with van der Waals surface area (Å²) in [6.45, 7) is 10.9. The van der Waals surface area contributed by atoms with Gasteiger partial charge in [0.2, 0.25) is 0 Å². The third-order valence-electron chi connectivity index (χ3n) is 4.78. The normalized spacial score (nSPS) is 39.7. The molecule has 1 aliphatic heterocycles. The molecule has 4 unspecified atom stereocenters. The van der Waals surface area contributed by atoms with Gasteiger partial charge >= 0.3 is 0 Å². The molecule has 2 fully saturated rings. The zero-order valence-electron chi connectivity index (χ0n) is 11.9. The van der Waals surface area contributed by atoms with Crippen molar-refractivity contribution in [3.8, 4) is 0 Å². The Labute approximate surface area is 107 Å². The van der Waals surface area contributed by atoms with Crippen LogP contribution in [-0.2, 0) is 0 Å². The molecule has 0 aromatic carbocycles. The van der Waals surface area contributed by atoms with Crippen LogP contribution < -0.4 is 5.32 Å². The molecule has 0 aromatic rings. The van der Waals surface area contributed by atoms with E-state index in [2.05, 4.69) is 31.0 Å². The molecule has 0 spiro atoms. The van der Waals surface area contributed by atoms with E-state index in [0.29, 0.717) is 0 Å². The smallest absolute Gasteiger partial charge is 0.0117 e. The SMILES string of the molecule is CCCNC1CCN(C2CCC(C)C2)CC1C. The maximum absolute atomic E-state index is 3.71. The highest BCUT2D eigenvalue weighted by Crippen LogP contribution is 2.31. The van der Waals surface area contributed by atoms with E-state index in [1.807, 2.05) is 0 Å². The van der Waals surface area contributed by atoms with E-state index < -0.39 is 0 Å². The van der Waals surface area contributed by atoms with E-state index in [9.17, 15) is 0 Å². The third kappa shape index (κ3) is 3.45. The topological polar surface area (TPSA) is 15.3 Å². The number of hydrogen-bond acceptors (Lipinski definition) is 2. The Morgan fingerprint density at radius 1 is 1.18 bits per heavy atom. The molecule has 1 saturated carbocycles. The number of piperidine rings is 1. The molecule has 4 atom stereocenters. The van der Waals surface area contributed by atoms with E-state index in [-0.39, 0.29) is 0 Å². The molecule has 0 aromatic heterocycles. The summed E-state index contributed by atoms with van der Waals surface area (Å²) in [5.41, 5.74) is 0. The molecule has 2 heteroatoms. The summed E-state index contributed by atoms with van der Waals surface area (Å²) in [7, 11) is 0. The average molecular weight is 238 g/mol. The van der Waals surface area contributed by atoms with Gasteiger partial charge in [-0.2, -0.15) is 0 Å². The standard InChI is InChI=1S/C15H30N2/c1-4-8-16-15-7-9-17(11-13(15)3)14-6-5-12(2)10-14/h12-16H,4-11H2,1-3H3. The lowest BCUT2D eigenvalue weighted by molar-refractivity contribution is 0.104. The Kier molecular flexibility index (Phi) is 4.87. The van der Waals surface area contributed by atoms with E-state index >= 15 is 0 Å². The number of nitrogens with zero attached hydrogens (tertiary/aromatic N) is 1. The Morgan fingerprint density at radius 3 is 2.59 bits per heavy atom. The lowest BCUT2D eigenvalue weighted by atomic mass is 9.92. The number of rotatable bonds is 4. The maximum atomic E-state index is 3.71. The van der Waals surface area contributed by atoms with Crippen molar-refractivity contribution in [3.05, 3.63) is 0 Å². The van der Waals surface area contributed by atoms with Gasteiger partial charge in [0, 0.05) is 18.6 Å². The van der Waals surface area contributed by atoms with Crippen LogP contribution in [0.15, 0.2) is 0 Å². The molecule has 0 bridgehead atoms. The summed E-state index contributed by atoms with van der Waals surface area (Å²) in [4.78, 5) is 2.78. The van der Waals surface area contributed by atoms with Crippen molar-refractivity contribution in [1.82, 2.24) is 10.2 Å². The molecule has 1 saturated heterocycles. The maximum Gasteiger partial charge on any atom is 0.0117 e. The predicted molar refractivity (Wildman–Crippen MR) is 74.2 cm³/mol. The van der Waals surface area contributed by atoms with Gasteiger partial charge in [-0.05, 0) is 57.0 Å². The highest BCUT2D eigenvalue weighted by Gasteiger charge is 2.32. The first-order valence-electron chi connectivity index (χ1n) is 7.68. The van der Waals surface area contributed by atoms with Crippen LogP contribution in [0.2, 0.25) is 0 Å². The molecule has 1 aliphatic carbocycles. The number of likely N-dealkylation sites (tertiary alicyclic amines) is 1. The highest BCUT2D eigenvalue weighted by atomic mass is 15.2. The quantitative estimate of drug-likeness (QED) is 0.810. The number of hydrogen-bond donors (Lipinski definition) is 1. The summed E-state index contributed by atoms with van der Waals surface area (Å²) in [5.74, 6) is 1.79. The van der Waals surface area contributed by atoms with Crippen LogP contribution in [-0.4, -0.2) is 36.6 Å². The van der Waals surface area contributed by atoms with E-state index in [0.717, 1.165) is 23.9 Å². The molecular formula is C15H30N2. The molecule has 0 amide bonds. The van der Waals surface area contributed by atoms with Crippen LogP contribution >= 0.6 is 0 Å². The van der Waals surface area contributed by atoms with Crippen molar-refractivity contribution >= 4 is 0 Å². The molecule has 2 nitrogen and oxygen atoms in total. The Hall–Kier alpha value is -0.0800. The first-order chi connectivity index (χ1) is 8.20. The number of nitrogens with one attached hydrogen (secondary N) is 1. The van der Waals surface area contributed by atoms with Gasteiger partial charge in [0.25, 0.3) is 0 Å². The first kappa shape index (κ1) is 13.4. The fourth-order valence-corrected chi connectivity index (χ4v) is 3.65. The largest absolute Gasteiger partial charge is 0.314 e. The zero-order valence-corrected chi connectivity index (χ0v) is 11.9. The summed E-state index contributed by atoms with van der Waals surface area (Å²) in [5, 5.41) is 3.71. The van der Waals surface area contributed by atoms with Gasteiger partial charge < -0.3 is 5.32 Å². The van der Waals surface area contributed by atoms with Crippen LogP contribution in [0, 0.1) is 11.8 Å². The van der Waals surface area contributed by atoms with Crippen LogP contribution in [0.25, 0.3) is 0 Å². The lowest BCUT2D eigenvalue weighted by Gasteiger charge is -2.40. The minimum absolute atomic E-state index is 0.769. The summed E-state index contributed by atoms with van der Waals surface area (Å²) in [6.07, 6.45) is 6.95. The van der Waals surface area contributed by atoms with E-state index in [4.69, 9.17) is 0 Å². The van der Waals surface area contributed by atoms with Crippen molar-refractivity contribution in [2.45, 2.75) is 65.0 Å². The van der Waals surface area contributed by atoms with E-state index in [1.165, 1.54) is 51.7 Å². The average Bonchev–Trinajstić information content (AvgIpc) is 2.74. The van der Waals surface area contributed by atoms with Crippen molar-refractivity contribution in [2.24, 2.45) is 11.8 Å². The van der Waals surface area contributed by atoms with Crippen LogP contribution in [0.1, 0.15) is 52.9 Å². The van der Waals surface area contributed by atoms with Gasteiger partial charge in [-0.1, -0.05) is 20.8 Å². The molecule has 2 rings (SSSR count). The Balaban J connectivity index is 1.78. The summed E-state index contributed by atoms with van der Waals surface area (Å²) >= 11 is 0. The van der Waals surface area contributed by atoms with Gasteiger partial charge in [0.15, 0.2) is 0 Å². The second kappa shape index (κ2) is 6.19. The van der Waals surface area contributed by atoms with Gasteiger partial charge in [0.05, 0.1) is 0 Å². The van der Waals surface area contributed by atoms with E-state index in [1.54, 1.807) is 0 Å². The third-order valence-corrected chi connectivity index (χ3v) is 4.78. The highest BCUT2D eigenvalue weighted by molar-refractivity contribution is 4.88. The molecule has 1 N–H and O–H groups in total. The van der Waals surface area contributed by atoms with Crippen molar-refractivity contribution in [3.63, 3.8) is 0 Å². The first-order valence-corrected chi connectivity index (χ1v) is 7.68. The van der Waals surface area contributed by atoms with Crippen molar-refractivity contribution in [2.75, 3.05) is 19.6 Å². The predicted octanol–water partition coefficient (Wildman–Crippen LogP) is 2.89. The minimum atomic E-state index is 0.769. The second-order valence-electron chi connectivity index (χ2n) is 6.39. The molecule has 0 radical (unpaired) electrons.